The van der Waals surface area contributed by atoms with Gasteiger partial charge in [0.25, 0.3) is 0 Å². The Hall–Kier alpha value is -1.20. The lowest BCUT2D eigenvalue weighted by Crippen LogP contribution is -2.07. The molecule has 1 aliphatic rings. The van der Waals surface area contributed by atoms with Crippen molar-refractivity contribution in [3.8, 4) is 0 Å². The van der Waals surface area contributed by atoms with E-state index < -0.39 is 0 Å². The van der Waals surface area contributed by atoms with Gasteiger partial charge in [0.2, 0.25) is 0 Å². The third kappa shape index (κ3) is 2.52. The molecular formula is C15H21N3OS. The summed E-state index contributed by atoms with van der Waals surface area (Å²) < 4.78 is 5.14. The highest BCUT2D eigenvalue weighted by molar-refractivity contribution is 7.19. The standard InChI is InChI=1S/C15H21N3OS/c1-3-16-14-13-10-6-4-5-7-11(10)20-15(13)18-12(17-14)8-9-19-2/h3-9H2,1-2H3,(H,16,17,18). The number of aromatic nitrogens is 2. The van der Waals surface area contributed by atoms with Crippen LogP contribution in [0.2, 0.25) is 0 Å². The molecule has 2 aromatic rings. The molecule has 1 aliphatic carbocycles. The molecular weight excluding hydrogens is 270 g/mol. The molecule has 0 radical (unpaired) electrons. The van der Waals surface area contributed by atoms with Gasteiger partial charge < -0.3 is 10.1 Å². The van der Waals surface area contributed by atoms with Crippen molar-refractivity contribution in [2.24, 2.45) is 0 Å². The lowest BCUT2D eigenvalue weighted by Gasteiger charge is -2.12. The van der Waals surface area contributed by atoms with Crippen molar-refractivity contribution in [1.29, 1.82) is 0 Å². The summed E-state index contributed by atoms with van der Waals surface area (Å²) in [5.74, 6) is 1.90. The van der Waals surface area contributed by atoms with Gasteiger partial charge in [0.1, 0.15) is 16.5 Å². The highest BCUT2D eigenvalue weighted by Crippen LogP contribution is 2.38. The summed E-state index contributed by atoms with van der Waals surface area (Å²) in [7, 11) is 1.72. The Bertz CT molecular complexity index is 609. The van der Waals surface area contributed by atoms with Gasteiger partial charge in [-0.05, 0) is 38.2 Å². The van der Waals surface area contributed by atoms with Crippen LogP contribution in [0.3, 0.4) is 0 Å². The fraction of sp³-hybridized carbons (Fsp3) is 0.600. The largest absolute Gasteiger partial charge is 0.384 e. The van der Waals surface area contributed by atoms with Crippen molar-refractivity contribution in [2.45, 2.75) is 39.0 Å². The Kier molecular flexibility index (Phi) is 4.17. The topological polar surface area (TPSA) is 47.0 Å². The number of rotatable bonds is 5. The Balaban J connectivity index is 2.09. The van der Waals surface area contributed by atoms with Crippen LogP contribution in [0, 0.1) is 0 Å². The average Bonchev–Trinajstić information content (AvgIpc) is 2.83. The van der Waals surface area contributed by atoms with Gasteiger partial charge in [-0.1, -0.05) is 0 Å². The van der Waals surface area contributed by atoms with Gasteiger partial charge in [0, 0.05) is 25.0 Å². The first kappa shape index (κ1) is 13.8. The number of hydrogen-bond donors (Lipinski definition) is 1. The van der Waals surface area contributed by atoms with E-state index in [4.69, 9.17) is 14.7 Å². The predicted molar refractivity (Wildman–Crippen MR) is 83.8 cm³/mol. The minimum atomic E-state index is 0.669. The molecule has 20 heavy (non-hydrogen) atoms. The maximum atomic E-state index is 5.14. The number of hydrogen-bond acceptors (Lipinski definition) is 5. The normalized spacial score (nSPS) is 14.5. The first-order chi connectivity index (χ1) is 9.83. The first-order valence-electron chi connectivity index (χ1n) is 7.37. The zero-order chi connectivity index (χ0) is 13.9. The van der Waals surface area contributed by atoms with Crippen LogP contribution in [0.5, 0.6) is 0 Å². The molecule has 5 heteroatoms. The molecule has 0 aromatic carbocycles. The molecule has 0 saturated carbocycles. The molecule has 3 rings (SSSR count). The molecule has 0 amide bonds. The van der Waals surface area contributed by atoms with E-state index >= 15 is 0 Å². The fourth-order valence-electron chi connectivity index (χ4n) is 2.80. The van der Waals surface area contributed by atoms with Gasteiger partial charge in [0.15, 0.2) is 0 Å². The molecule has 0 spiro atoms. The van der Waals surface area contributed by atoms with Gasteiger partial charge in [0.05, 0.1) is 12.0 Å². The summed E-state index contributed by atoms with van der Waals surface area (Å²) in [4.78, 5) is 12.1. The van der Waals surface area contributed by atoms with Crippen LogP contribution in [0.1, 0.15) is 36.0 Å². The lowest BCUT2D eigenvalue weighted by molar-refractivity contribution is 0.200. The Morgan fingerprint density at radius 1 is 1.25 bits per heavy atom. The second kappa shape index (κ2) is 6.06. The molecule has 2 heterocycles. The van der Waals surface area contributed by atoms with E-state index in [1.54, 1.807) is 7.11 Å². The number of ether oxygens (including phenoxy) is 1. The van der Waals surface area contributed by atoms with Crippen LogP contribution in [0.15, 0.2) is 0 Å². The summed E-state index contributed by atoms with van der Waals surface area (Å²) in [5, 5.41) is 4.69. The van der Waals surface area contributed by atoms with Crippen molar-refractivity contribution in [3.05, 3.63) is 16.3 Å². The van der Waals surface area contributed by atoms with Crippen molar-refractivity contribution in [3.63, 3.8) is 0 Å². The third-order valence-corrected chi connectivity index (χ3v) is 4.92. The maximum Gasteiger partial charge on any atom is 0.138 e. The number of fused-ring (bicyclic) bond motifs is 3. The third-order valence-electron chi connectivity index (χ3n) is 3.74. The van der Waals surface area contributed by atoms with Crippen LogP contribution in [0.4, 0.5) is 5.82 Å². The molecule has 0 atom stereocenters. The number of methoxy groups -OCH3 is 1. The van der Waals surface area contributed by atoms with Crippen LogP contribution in [-0.2, 0) is 24.0 Å². The number of aryl methyl sites for hydroxylation is 2. The van der Waals surface area contributed by atoms with Crippen LogP contribution < -0.4 is 5.32 Å². The molecule has 0 saturated heterocycles. The van der Waals surface area contributed by atoms with Crippen LogP contribution >= 0.6 is 11.3 Å². The van der Waals surface area contributed by atoms with Gasteiger partial charge in [-0.3, -0.25) is 0 Å². The Labute approximate surface area is 123 Å². The van der Waals surface area contributed by atoms with E-state index in [-0.39, 0.29) is 0 Å². The summed E-state index contributed by atoms with van der Waals surface area (Å²) in [6, 6.07) is 0. The quantitative estimate of drug-likeness (QED) is 0.919. The minimum absolute atomic E-state index is 0.669. The van der Waals surface area contributed by atoms with Crippen molar-refractivity contribution < 1.29 is 4.74 Å². The SMILES string of the molecule is CCNc1nc(CCOC)nc2sc3c(c12)CCCC3. The highest BCUT2D eigenvalue weighted by Gasteiger charge is 2.20. The summed E-state index contributed by atoms with van der Waals surface area (Å²) in [6.45, 7) is 3.67. The average molecular weight is 291 g/mol. The van der Waals surface area contributed by atoms with Crippen molar-refractivity contribution >= 4 is 27.4 Å². The first-order valence-corrected chi connectivity index (χ1v) is 8.19. The molecule has 0 fully saturated rings. The van der Waals surface area contributed by atoms with E-state index in [0.717, 1.165) is 29.4 Å². The minimum Gasteiger partial charge on any atom is -0.384 e. The van der Waals surface area contributed by atoms with Crippen LogP contribution in [0.25, 0.3) is 10.2 Å². The van der Waals surface area contributed by atoms with Gasteiger partial charge in [-0.25, -0.2) is 9.97 Å². The highest BCUT2D eigenvalue weighted by atomic mass is 32.1. The number of anilines is 1. The van der Waals surface area contributed by atoms with Gasteiger partial charge >= 0.3 is 0 Å². The van der Waals surface area contributed by atoms with Gasteiger partial charge in [-0.15, -0.1) is 11.3 Å². The Morgan fingerprint density at radius 2 is 2.10 bits per heavy atom. The second-order valence-corrected chi connectivity index (χ2v) is 6.24. The molecule has 4 nitrogen and oxygen atoms in total. The zero-order valence-corrected chi connectivity index (χ0v) is 13.0. The lowest BCUT2D eigenvalue weighted by atomic mass is 9.97. The van der Waals surface area contributed by atoms with E-state index in [0.29, 0.717) is 6.61 Å². The summed E-state index contributed by atoms with van der Waals surface area (Å²) >= 11 is 1.86. The number of thiophene rings is 1. The molecule has 0 bridgehead atoms. The zero-order valence-electron chi connectivity index (χ0n) is 12.2. The van der Waals surface area contributed by atoms with E-state index in [9.17, 15) is 0 Å². The molecule has 0 unspecified atom stereocenters. The summed E-state index contributed by atoms with van der Waals surface area (Å²) in [5.41, 5.74) is 1.49. The molecule has 2 aromatic heterocycles. The number of nitrogens with zero attached hydrogens (tertiary/aromatic N) is 2. The molecule has 108 valence electrons. The maximum absolute atomic E-state index is 5.14. The monoisotopic (exact) mass is 291 g/mol. The second-order valence-electron chi connectivity index (χ2n) is 5.15. The van der Waals surface area contributed by atoms with E-state index in [2.05, 4.69) is 12.2 Å². The van der Waals surface area contributed by atoms with Gasteiger partial charge in [-0.2, -0.15) is 0 Å². The predicted octanol–water partition coefficient (Wildman–Crippen LogP) is 3.19. The van der Waals surface area contributed by atoms with Crippen LogP contribution in [-0.4, -0.2) is 30.2 Å². The number of nitrogens with one attached hydrogen (secondary N) is 1. The van der Waals surface area contributed by atoms with Crippen molar-refractivity contribution in [2.75, 3.05) is 25.6 Å². The Morgan fingerprint density at radius 3 is 2.90 bits per heavy atom. The molecule has 1 N–H and O–H groups in total. The fourth-order valence-corrected chi connectivity index (χ4v) is 4.08. The van der Waals surface area contributed by atoms with Crippen molar-refractivity contribution in [1.82, 2.24) is 9.97 Å². The van der Waals surface area contributed by atoms with E-state index in [1.165, 1.54) is 41.5 Å². The molecule has 0 aliphatic heterocycles. The van der Waals surface area contributed by atoms with E-state index in [1.807, 2.05) is 11.3 Å². The smallest absolute Gasteiger partial charge is 0.138 e. The summed E-state index contributed by atoms with van der Waals surface area (Å²) in [6.07, 6.45) is 5.74.